The molecule has 140 valence electrons. The van der Waals surface area contributed by atoms with E-state index in [0.29, 0.717) is 25.9 Å². The van der Waals surface area contributed by atoms with E-state index >= 15 is 0 Å². The number of carboxylic acid groups (broad SMARTS) is 1. The number of amides is 2. The minimum absolute atomic E-state index is 0.0535. The summed E-state index contributed by atoms with van der Waals surface area (Å²) < 4.78 is 5.12. The Labute approximate surface area is 152 Å². The third kappa shape index (κ3) is 3.98. The van der Waals surface area contributed by atoms with Gasteiger partial charge in [0.2, 0.25) is 11.8 Å². The summed E-state index contributed by atoms with van der Waals surface area (Å²) in [6.45, 7) is 0.814. The molecule has 2 fully saturated rings. The first-order chi connectivity index (χ1) is 12.5. The van der Waals surface area contributed by atoms with Gasteiger partial charge in [-0.25, -0.2) is 0 Å². The Kier molecular flexibility index (Phi) is 5.44. The summed E-state index contributed by atoms with van der Waals surface area (Å²) in [7, 11) is 1.60. The van der Waals surface area contributed by atoms with E-state index in [0.717, 1.165) is 17.7 Å². The number of hydrogen-bond acceptors (Lipinski definition) is 4. The Balaban J connectivity index is 1.56. The van der Waals surface area contributed by atoms with Crippen molar-refractivity contribution in [3.8, 4) is 5.75 Å². The number of aliphatic carboxylic acids is 1. The van der Waals surface area contributed by atoms with Crippen molar-refractivity contribution in [2.45, 2.75) is 38.3 Å². The van der Waals surface area contributed by atoms with Gasteiger partial charge in [0.05, 0.1) is 18.9 Å². The van der Waals surface area contributed by atoms with Crippen molar-refractivity contribution in [3.05, 3.63) is 29.8 Å². The van der Waals surface area contributed by atoms with Crippen LogP contribution in [0.15, 0.2) is 24.3 Å². The van der Waals surface area contributed by atoms with Crippen LogP contribution >= 0.6 is 0 Å². The van der Waals surface area contributed by atoms with Gasteiger partial charge >= 0.3 is 5.97 Å². The normalized spacial score (nSPS) is 25.3. The molecule has 2 N–H and O–H groups in total. The molecule has 1 aliphatic heterocycles. The Hall–Kier alpha value is -2.57. The van der Waals surface area contributed by atoms with Crippen LogP contribution in [0.5, 0.6) is 5.75 Å². The molecule has 3 rings (SSSR count). The number of carbonyl (C=O) groups excluding carboxylic acids is 2. The largest absolute Gasteiger partial charge is 0.497 e. The fraction of sp³-hybridized carbons (Fsp3) is 0.526. The summed E-state index contributed by atoms with van der Waals surface area (Å²) in [5.74, 6) is -1.32. The van der Waals surface area contributed by atoms with E-state index in [1.165, 1.54) is 0 Å². The van der Waals surface area contributed by atoms with Crippen LogP contribution in [0.4, 0.5) is 0 Å². The average Bonchev–Trinajstić information content (AvgIpc) is 3.23. The molecule has 1 saturated carbocycles. The van der Waals surface area contributed by atoms with Crippen molar-refractivity contribution in [1.29, 1.82) is 0 Å². The van der Waals surface area contributed by atoms with Gasteiger partial charge in [-0.15, -0.1) is 0 Å². The molecular formula is C19H24N2O5. The molecule has 0 bridgehead atoms. The summed E-state index contributed by atoms with van der Waals surface area (Å²) in [5, 5.41) is 12.1. The predicted octanol–water partition coefficient (Wildman–Crippen LogP) is 1.41. The quantitative estimate of drug-likeness (QED) is 0.800. The van der Waals surface area contributed by atoms with Crippen LogP contribution < -0.4 is 10.1 Å². The molecule has 0 aromatic heterocycles. The number of hydrogen-bond donors (Lipinski definition) is 2. The zero-order valence-electron chi connectivity index (χ0n) is 14.8. The maximum absolute atomic E-state index is 12.5. The standard InChI is InChI=1S/C19H24N2O5/c1-26-14-7-5-12(6-8-14)10-21-11-13(9-17(21)22)18(23)20-16-4-2-3-15(16)19(24)25/h5-8,13,15-16H,2-4,9-11H2,1H3,(H,20,23)(H,24,25)/t13?,15-,16+/m0/s1. The molecular weight excluding hydrogens is 336 g/mol. The zero-order chi connectivity index (χ0) is 18.7. The third-order valence-electron chi connectivity index (χ3n) is 5.28. The number of methoxy groups -OCH3 is 1. The van der Waals surface area contributed by atoms with Gasteiger partial charge in [0.15, 0.2) is 0 Å². The van der Waals surface area contributed by atoms with E-state index in [9.17, 15) is 19.5 Å². The maximum Gasteiger partial charge on any atom is 0.308 e. The summed E-state index contributed by atoms with van der Waals surface area (Å²) in [6, 6.07) is 7.15. The molecule has 0 radical (unpaired) electrons. The van der Waals surface area contributed by atoms with Crippen LogP contribution in [-0.4, -0.2) is 47.5 Å². The fourth-order valence-corrected chi connectivity index (χ4v) is 3.78. The van der Waals surface area contributed by atoms with Crippen LogP contribution in [0.1, 0.15) is 31.2 Å². The molecule has 3 atom stereocenters. The molecule has 7 nitrogen and oxygen atoms in total. The molecule has 2 aliphatic rings. The Morgan fingerprint density at radius 2 is 2.00 bits per heavy atom. The molecule has 2 amide bonds. The van der Waals surface area contributed by atoms with Crippen molar-refractivity contribution in [2.24, 2.45) is 11.8 Å². The lowest BCUT2D eigenvalue weighted by atomic mass is 10.0. The molecule has 26 heavy (non-hydrogen) atoms. The van der Waals surface area contributed by atoms with E-state index in [2.05, 4.69) is 5.32 Å². The van der Waals surface area contributed by atoms with Gasteiger partial charge in [0.1, 0.15) is 5.75 Å². The summed E-state index contributed by atoms with van der Waals surface area (Å²) in [6.07, 6.45) is 2.24. The Morgan fingerprint density at radius 1 is 1.27 bits per heavy atom. The lowest BCUT2D eigenvalue weighted by Crippen LogP contribution is -2.43. The van der Waals surface area contributed by atoms with Gasteiger partial charge < -0.3 is 20.1 Å². The number of benzene rings is 1. The van der Waals surface area contributed by atoms with E-state index < -0.39 is 17.8 Å². The highest BCUT2D eigenvalue weighted by molar-refractivity contribution is 5.89. The minimum atomic E-state index is -0.864. The maximum atomic E-state index is 12.5. The lowest BCUT2D eigenvalue weighted by molar-refractivity contribution is -0.142. The highest BCUT2D eigenvalue weighted by Gasteiger charge is 2.38. The Morgan fingerprint density at radius 3 is 2.65 bits per heavy atom. The van der Waals surface area contributed by atoms with E-state index in [4.69, 9.17) is 4.74 Å². The van der Waals surface area contributed by atoms with Gasteiger partial charge in [-0.2, -0.15) is 0 Å². The minimum Gasteiger partial charge on any atom is -0.497 e. The Bertz CT molecular complexity index is 688. The van der Waals surface area contributed by atoms with E-state index in [-0.39, 0.29) is 24.3 Å². The van der Waals surface area contributed by atoms with Gasteiger partial charge in [-0.1, -0.05) is 18.6 Å². The number of rotatable bonds is 6. The molecule has 0 spiro atoms. The number of likely N-dealkylation sites (tertiary alicyclic amines) is 1. The average molecular weight is 360 g/mol. The first-order valence-electron chi connectivity index (χ1n) is 8.92. The summed E-state index contributed by atoms with van der Waals surface area (Å²) in [4.78, 5) is 37.7. The van der Waals surface area contributed by atoms with Gasteiger partial charge in [0, 0.05) is 25.6 Å². The predicted molar refractivity (Wildman–Crippen MR) is 93.4 cm³/mol. The molecule has 1 aliphatic carbocycles. The molecule has 1 aromatic carbocycles. The van der Waals surface area contributed by atoms with Crippen LogP contribution in [0.3, 0.4) is 0 Å². The summed E-state index contributed by atoms with van der Waals surface area (Å²) in [5.41, 5.74) is 0.974. The molecule has 7 heteroatoms. The van der Waals surface area contributed by atoms with Crippen LogP contribution in [0, 0.1) is 11.8 Å². The topological polar surface area (TPSA) is 95.9 Å². The first-order valence-corrected chi connectivity index (χ1v) is 8.92. The number of nitrogens with one attached hydrogen (secondary N) is 1. The fourth-order valence-electron chi connectivity index (χ4n) is 3.78. The number of nitrogens with zero attached hydrogens (tertiary/aromatic N) is 1. The van der Waals surface area contributed by atoms with Crippen molar-refractivity contribution in [3.63, 3.8) is 0 Å². The van der Waals surface area contributed by atoms with Crippen molar-refractivity contribution in [2.75, 3.05) is 13.7 Å². The van der Waals surface area contributed by atoms with Crippen molar-refractivity contribution >= 4 is 17.8 Å². The second kappa shape index (κ2) is 7.76. The lowest BCUT2D eigenvalue weighted by Gasteiger charge is -2.20. The number of carboxylic acids is 1. The van der Waals surface area contributed by atoms with Crippen molar-refractivity contribution < 1.29 is 24.2 Å². The van der Waals surface area contributed by atoms with Crippen LogP contribution in [-0.2, 0) is 20.9 Å². The third-order valence-corrected chi connectivity index (χ3v) is 5.28. The smallest absolute Gasteiger partial charge is 0.308 e. The second-order valence-corrected chi connectivity index (χ2v) is 7.01. The SMILES string of the molecule is COc1ccc(CN2CC(C(=O)N[C@@H]3CCC[C@@H]3C(=O)O)CC2=O)cc1. The van der Waals surface area contributed by atoms with Crippen LogP contribution in [0.25, 0.3) is 0 Å². The number of carbonyl (C=O) groups is 3. The first kappa shape index (κ1) is 18.2. The van der Waals surface area contributed by atoms with E-state index in [1.807, 2.05) is 24.3 Å². The highest BCUT2D eigenvalue weighted by Crippen LogP contribution is 2.27. The zero-order valence-corrected chi connectivity index (χ0v) is 14.8. The molecule has 1 unspecified atom stereocenters. The van der Waals surface area contributed by atoms with Crippen LogP contribution in [0.2, 0.25) is 0 Å². The van der Waals surface area contributed by atoms with Gasteiger partial charge in [-0.3, -0.25) is 14.4 Å². The molecule has 1 heterocycles. The second-order valence-electron chi connectivity index (χ2n) is 7.01. The van der Waals surface area contributed by atoms with Gasteiger partial charge in [-0.05, 0) is 30.5 Å². The van der Waals surface area contributed by atoms with Crippen molar-refractivity contribution in [1.82, 2.24) is 10.2 Å². The van der Waals surface area contributed by atoms with E-state index in [1.54, 1.807) is 12.0 Å². The number of ether oxygens (including phenoxy) is 1. The molecule has 1 saturated heterocycles. The molecule has 1 aromatic rings. The summed E-state index contributed by atoms with van der Waals surface area (Å²) >= 11 is 0. The monoisotopic (exact) mass is 360 g/mol. The van der Waals surface area contributed by atoms with Gasteiger partial charge in [0.25, 0.3) is 0 Å². The highest BCUT2D eigenvalue weighted by atomic mass is 16.5.